The average molecular weight is 433 g/mol. The maximum atomic E-state index is 12.2. The first kappa shape index (κ1) is 22.9. The van der Waals surface area contributed by atoms with Crippen LogP contribution >= 0.6 is 11.6 Å². The zero-order chi connectivity index (χ0) is 22.1. The minimum absolute atomic E-state index is 0.174. The number of carbonyl (C=O) groups is 4. The van der Waals surface area contributed by atoms with E-state index in [1.807, 2.05) is 0 Å². The smallest absolute Gasteiger partial charge is 0.308 e. The van der Waals surface area contributed by atoms with Gasteiger partial charge >= 0.3 is 5.97 Å². The van der Waals surface area contributed by atoms with Crippen LogP contribution in [0.25, 0.3) is 0 Å². The predicted molar refractivity (Wildman–Crippen MR) is 109 cm³/mol. The van der Waals surface area contributed by atoms with Gasteiger partial charge < -0.3 is 14.8 Å². The Kier molecular flexibility index (Phi) is 8.37. The number of para-hydroxylation sites is 1. The summed E-state index contributed by atoms with van der Waals surface area (Å²) in [6.45, 7) is 0.679. The van der Waals surface area contributed by atoms with E-state index in [9.17, 15) is 19.2 Å². The van der Waals surface area contributed by atoms with Crippen LogP contribution < -0.4 is 15.4 Å². The van der Waals surface area contributed by atoms with Gasteiger partial charge in [-0.3, -0.25) is 24.5 Å². The van der Waals surface area contributed by atoms with Gasteiger partial charge in [-0.2, -0.15) is 0 Å². The highest BCUT2D eigenvalue weighted by atomic mass is 35.5. The van der Waals surface area contributed by atoms with Crippen LogP contribution in [-0.2, 0) is 19.1 Å². The molecule has 2 N–H and O–H groups in total. The normalized spacial score (nSPS) is 11.2. The van der Waals surface area contributed by atoms with Gasteiger partial charge in [0.25, 0.3) is 11.8 Å². The van der Waals surface area contributed by atoms with Crippen molar-refractivity contribution in [3.8, 4) is 5.75 Å². The molecule has 2 aromatic rings. The molecule has 3 amide bonds. The van der Waals surface area contributed by atoms with Gasteiger partial charge in [0.2, 0.25) is 5.91 Å². The molecular weight excluding hydrogens is 412 g/mol. The molecule has 0 fully saturated rings. The fourth-order valence-electron chi connectivity index (χ4n) is 2.63. The Labute approximate surface area is 178 Å². The Morgan fingerprint density at radius 2 is 1.70 bits per heavy atom. The minimum Gasteiger partial charge on any atom is -0.496 e. The van der Waals surface area contributed by atoms with Crippen molar-refractivity contribution in [2.24, 2.45) is 0 Å². The number of hydrogen-bond acceptors (Lipinski definition) is 6. The molecule has 2 rings (SSSR count). The number of hydrogen-bond donors (Lipinski definition) is 2. The molecule has 2 aromatic carbocycles. The maximum absolute atomic E-state index is 12.2. The molecule has 0 aliphatic heterocycles. The summed E-state index contributed by atoms with van der Waals surface area (Å²) in [5.41, 5.74) is 0.829. The fourth-order valence-corrected chi connectivity index (χ4v) is 2.75. The highest BCUT2D eigenvalue weighted by molar-refractivity contribution is 6.30. The highest BCUT2D eigenvalue weighted by Gasteiger charge is 2.20. The van der Waals surface area contributed by atoms with E-state index in [4.69, 9.17) is 21.1 Å². The molecule has 0 aromatic heterocycles. The van der Waals surface area contributed by atoms with Crippen molar-refractivity contribution >= 4 is 35.3 Å². The van der Waals surface area contributed by atoms with Crippen LogP contribution in [0.1, 0.15) is 35.3 Å². The Hall–Kier alpha value is -3.39. The van der Waals surface area contributed by atoms with Crippen molar-refractivity contribution in [2.45, 2.75) is 19.4 Å². The summed E-state index contributed by atoms with van der Waals surface area (Å²) < 4.78 is 10.0. The number of rotatable bonds is 8. The number of methoxy groups -OCH3 is 1. The topological polar surface area (TPSA) is 111 Å². The number of amides is 3. The third kappa shape index (κ3) is 6.89. The first-order valence-corrected chi connectivity index (χ1v) is 9.33. The quantitative estimate of drug-likeness (QED) is 0.620. The number of carbonyl (C=O) groups excluding carboxylic acids is 4. The van der Waals surface area contributed by atoms with Crippen molar-refractivity contribution in [2.75, 3.05) is 13.7 Å². The van der Waals surface area contributed by atoms with Gasteiger partial charge in [-0.1, -0.05) is 35.9 Å². The first-order chi connectivity index (χ1) is 14.3. The summed E-state index contributed by atoms with van der Waals surface area (Å²) in [4.78, 5) is 47.7. The zero-order valence-corrected chi connectivity index (χ0v) is 17.2. The van der Waals surface area contributed by atoms with Gasteiger partial charge in [0.1, 0.15) is 5.75 Å². The summed E-state index contributed by atoms with van der Waals surface area (Å²) in [5, 5.41) is 5.29. The molecule has 0 radical (unpaired) electrons. The number of imide groups is 1. The lowest BCUT2D eigenvalue weighted by Crippen LogP contribution is -2.35. The molecule has 8 nitrogen and oxygen atoms in total. The summed E-state index contributed by atoms with van der Waals surface area (Å²) in [6, 6.07) is 12.4. The molecule has 0 aliphatic rings. The first-order valence-electron chi connectivity index (χ1n) is 8.95. The summed E-state index contributed by atoms with van der Waals surface area (Å²) >= 11 is 5.86. The summed E-state index contributed by atoms with van der Waals surface area (Å²) in [7, 11) is 1.40. The van der Waals surface area contributed by atoms with E-state index in [0.717, 1.165) is 0 Å². The zero-order valence-electron chi connectivity index (χ0n) is 16.4. The molecule has 0 spiro atoms. The Bertz CT molecular complexity index is 929. The van der Waals surface area contributed by atoms with E-state index >= 15 is 0 Å². The van der Waals surface area contributed by atoms with Gasteiger partial charge in [0.15, 0.2) is 6.61 Å². The molecule has 1 atom stereocenters. The third-order valence-electron chi connectivity index (χ3n) is 3.99. The number of nitrogens with one attached hydrogen (secondary N) is 2. The van der Waals surface area contributed by atoms with Crippen molar-refractivity contribution < 1.29 is 28.7 Å². The summed E-state index contributed by atoms with van der Waals surface area (Å²) in [6.07, 6.45) is -0.199. The molecule has 158 valence electrons. The van der Waals surface area contributed by atoms with Gasteiger partial charge in [-0.15, -0.1) is 0 Å². The monoisotopic (exact) mass is 432 g/mol. The van der Waals surface area contributed by atoms with E-state index in [2.05, 4.69) is 10.6 Å². The number of esters is 1. The number of benzene rings is 2. The third-order valence-corrected chi connectivity index (χ3v) is 4.24. The van der Waals surface area contributed by atoms with Crippen LogP contribution in [0.15, 0.2) is 48.5 Å². The largest absolute Gasteiger partial charge is 0.496 e. The molecule has 30 heavy (non-hydrogen) atoms. The van der Waals surface area contributed by atoms with Crippen LogP contribution in [0.4, 0.5) is 0 Å². The van der Waals surface area contributed by atoms with Crippen molar-refractivity contribution in [1.29, 1.82) is 0 Å². The second-order valence-corrected chi connectivity index (χ2v) is 6.68. The Morgan fingerprint density at radius 1 is 1.03 bits per heavy atom. The summed E-state index contributed by atoms with van der Waals surface area (Å²) in [5.74, 6) is -2.21. The van der Waals surface area contributed by atoms with E-state index in [1.165, 1.54) is 20.1 Å². The van der Waals surface area contributed by atoms with E-state index < -0.39 is 30.4 Å². The van der Waals surface area contributed by atoms with Gasteiger partial charge in [0.05, 0.1) is 25.1 Å². The fraction of sp³-hybridized carbons (Fsp3) is 0.238. The SMILES string of the molecule is COc1ccccc1C(=O)NC(=O)COC(=O)CC(NC(C)=O)c1ccc(Cl)cc1. The van der Waals surface area contributed by atoms with Crippen LogP contribution in [0.2, 0.25) is 5.02 Å². The molecule has 9 heteroatoms. The predicted octanol–water partition coefficient (Wildman–Crippen LogP) is 2.42. The highest BCUT2D eigenvalue weighted by Crippen LogP contribution is 2.20. The van der Waals surface area contributed by atoms with Crippen molar-refractivity contribution in [3.05, 3.63) is 64.7 Å². The molecule has 1 unspecified atom stereocenters. The molecule has 0 saturated carbocycles. The van der Waals surface area contributed by atoms with Crippen molar-refractivity contribution in [1.82, 2.24) is 10.6 Å². The second kappa shape index (κ2) is 11.0. The van der Waals surface area contributed by atoms with Crippen LogP contribution in [-0.4, -0.2) is 37.4 Å². The van der Waals surface area contributed by atoms with Crippen LogP contribution in [0.3, 0.4) is 0 Å². The molecular formula is C21H21ClN2O6. The Morgan fingerprint density at radius 3 is 2.33 bits per heavy atom. The molecule has 0 bridgehead atoms. The molecule has 0 heterocycles. The number of ether oxygens (including phenoxy) is 2. The van der Waals surface area contributed by atoms with Crippen LogP contribution in [0, 0.1) is 0 Å². The lowest BCUT2D eigenvalue weighted by molar-refractivity contribution is -0.149. The molecule has 0 saturated heterocycles. The van der Waals surface area contributed by atoms with Gasteiger partial charge in [-0.05, 0) is 29.8 Å². The standard InChI is InChI=1S/C21H21ClN2O6/c1-13(25)23-17(14-7-9-15(22)10-8-14)11-20(27)30-12-19(26)24-21(28)16-5-3-4-6-18(16)29-2/h3-10,17H,11-12H2,1-2H3,(H,23,25)(H,24,26,28). The Balaban J connectivity index is 1.91. The van der Waals surface area contributed by atoms with E-state index in [0.29, 0.717) is 16.3 Å². The minimum atomic E-state index is -0.790. The van der Waals surface area contributed by atoms with Crippen LogP contribution in [0.5, 0.6) is 5.75 Å². The van der Waals surface area contributed by atoms with Gasteiger partial charge in [-0.25, -0.2) is 0 Å². The maximum Gasteiger partial charge on any atom is 0.308 e. The van der Waals surface area contributed by atoms with E-state index in [-0.39, 0.29) is 17.9 Å². The van der Waals surface area contributed by atoms with Gasteiger partial charge in [0, 0.05) is 11.9 Å². The van der Waals surface area contributed by atoms with E-state index in [1.54, 1.807) is 42.5 Å². The number of halogens is 1. The van der Waals surface area contributed by atoms with Crippen molar-refractivity contribution in [3.63, 3.8) is 0 Å². The second-order valence-electron chi connectivity index (χ2n) is 6.25. The molecule has 0 aliphatic carbocycles. The lowest BCUT2D eigenvalue weighted by atomic mass is 10.0. The average Bonchev–Trinajstić information content (AvgIpc) is 2.72. The lowest BCUT2D eigenvalue weighted by Gasteiger charge is -2.17.